The van der Waals surface area contributed by atoms with Crippen molar-refractivity contribution >= 4 is 5.91 Å². The highest BCUT2D eigenvalue weighted by atomic mass is 16.5. The van der Waals surface area contributed by atoms with Crippen LogP contribution >= 0.6 is 0 Å². The minimum Gasteiger partial charge on any atom is -0.376 e. The van der Waals surface area contributed by atoms with E-state index in [9.17, 15) is 4.79 Å². The maximum absolute atomic E-state index is 12.4. The minimum absolute atomic E-state index is 0.192. The van der Waals surface area contributed by atoms with Crippen LogP contribution in [0.15, 0.2) is 0 Å². The van der Waals surface area contributed by atoms with Gasteiger partial charge in [-0.1, -0.05) is 26.7 Å². The molecule has 0 radical (unpaired) electrons. The van der Waals surface area contributed by atoms with Crippen molar-refractivity contribution in [3.8, 4) is 0 Å². The molecule has 108 valence electrons. The van der Waals surface area contributed by atoms with E-state index < -0.39 is 0 Å². The molecule has 1 unspecified atom stereocenters. The zero-order valence-electron chi connectivity index (χ0n) is 12.2. The summed E-state index contributed by atoms with van der Waals surface area (Å²) in [5.74, 6) is 0.761. The van der Waals surface area contributed by atoms with Gasteiger partial charge < -0.3 is 9.64 Å². The molecule has 0 aromatic rings. The van der Waals surface area contributed by atoms with Crippen molar-refractivity contribution in [1.29, 1.82) is 0 Å². The van der Waals surface area contributed by atoms with E-state index in [1.54, 1.807) is 0 Å². The molecule has 1 amide bonds. The first-order chi connectivity index (χ1) is 9.12. The zero-order chi connectivity index (χ0) is 13.5. The van der Waals surface area contributed by atoms with Crippen molar-refractivity contribution in [2.24, 2.45) is 5.92 Å². The van der Waals surface area contributed by atoms with Gasteiger partial charge in [0.15, 0.2) is 0 Å². The summed E-state index contributed by atoms with van der Waals surface area (Å²) in [5.41, 5.74) is -0.192. The quantitative estimate of drug-likeness (QED) is 0.826. The van der Waals surface area contributed by atoms with E-state index in [-0.39, 0.29) is 11.7 Å². The fraction of sp³-hybridized carbons (Fsp3) is 0.933. The van der Waals surface area contributed by atoms with Gasteiger partial charge in [-0.25, -0.2) is 0 Å². The normalized spacial score (nSPS) is 29.9. The van der Waals surface area contributed by atoms with Gasteiger partial charge >= 0.3 is 0 Å². The third kappa shape index (κ3) is 2.52. The Bertz CT molecular complexity index is 346. The molecular formula is C15H26N2O2. The average molecular weight is 266 g/mol. The van der Waals surface area contributed by atoms with Crippen LogP contribution in [0, 0.1) is 5.92 Å². The highest BCUT2D eigenvalue weighted by Gasteiger charge is 2.59. The third-order valence-electron chi connectivity index (χ3n) is 4.80. The molecule has 3 rings (SSSR count). The molecule has 0 aromatic carbocycles. The van der Waals surface area contributed by atoms with Gasteiger partial charge in [-0.3, -0.25) is 10.1 Å². The van der Waals surface area contributed by atoms with E-state index in [4.69, 9.17) is 4.74 Å². The number of rotatable bonds is 5. The number of carbonyl (C=O) groups is 1. The number of carbonyl (C=O) groups excluding carboxylic acids is 1. The fourth-order valence-corrected chi connectivity index (χ4v) is 3.45. The van der Waals surface area contributed by atoms with Crippen molar-refractivity contribution in [2.75, 3.05) is 13.2 Å². The highest BCUT2D eigenvalue weighted by Crippen LogP contribution is 2.43. The Morgan fingerprint density at radius 2 is 2.05 bits per heavy atom. The highest BCUT2D eigenvalue weighted by molar-refractivity contribution is 5.91. The van der Waals surface area contributed by atoms with Crippen LogP contribution in [-0.4, -0.2) is 41.8 Å². The first-order valence-electron chi connectivity index (χ1n) is 7.83. The van der Waals surface area contributed by atoms with E-state index in [0.717, 1.165) is 19.4 Å². The molecular weight excluding hydrogens is 240 g/mol. The van der Waals surface area contributed by atoms with Crippen LogP contribution in [0.1, 0.15) is 52.4 Å². The second-order valence-corrected chi connectivity index (χ2v) is 6.69. The Morgan fingerprint density at radius 3 is 2.63 bits per heavy atom. The van der Waals surface area contributed by atoms with E-state index in [0.29, 0.717) is 24.5 Å². The van der Waals surface area contributed by atoms with Crippen molar-refractivity contribution in [3.05, 3.63) is 0 Å². The number of hydrogen-bond acceptors (Lipinski definition) is 3. The average Bonchev–Trinajstić information content (AvgIpc) is 2.87. The van der Waals surface area contributed by atoms with Crippen LogP contribution in [-0.2, 0) is 9.53 Å². The van der Waals surface area contributed by atoms with Gasteiger partial charge in [0.05, 0.1) is 24.4 Å². The predicted octanol–water partition coefficient (Wildman–Crippen LogP) is 1.89. The van der Waals surface area contributed by atoms with Gasteiger partial charge in [-0.15, -0.1) is 0 Å². The Balaban J connectivity index is 1.53. The number of amides is 1. The molecule has 3 fully saturated rings. The molecule has 1 atom stereocenters. The molecule has 2 saturated carbocycles. The van der Waals surface area contributed by atoms with Crippen LogP contribution < -0.4 is 5.32 Å². The molecule has 0 aromatic heterocycles. The zero-order valence-corrected chi connectivity index (χ0v) is 12.2. The van der Waals surface area contributed by atoms with Crippen LogP contribution in [0.4, 0.5) is 0 Å². The van der Waals surface area contributed by atoms with Crippen molar-refractivity contribution < 1.29 is 9.53 Å². The SMILES string of the molecule is CC(C)C1NC2(CC2)C(=O)N1CCOC1CCCC1. The monoisotopic (exact) mass is 266 g/mol. The van der Waals surface area contributed by atoms with E-state index >= 15 is 0 Å². The molecule has 0 bridgehead atoms. The molecule has 1 heterocycles. The standard InChI is InChI=1S/C15H26N2O2/c1-11(2)13-16-15(7-8-15)14(18)17(13)9-10-19-12-5-3-4-6-12/h11-13,16H,3-10H2,1-2H3. The smallest absolute Gasteiger partial charge is 0.244 e. The molecule has 4 nitrogen and oxygen atoms in total. The lowest BCUT2D eigenvalue weighted by atomic mass is 10.1. The first-order valence-corrected chi connectivity index (χ1v) is 7.83. The predicted molar refractivity (Wildman–Crippen MR) is 73.6 cm³/mol. The molecule has 1 saturated heterocycles. The molecule has 3 aliphatic rings. The molecule has 1 spiro atoms. The van der Waals surface area contributed by atoms with Crippen LogP contribution in [0.5, 0.6) is 0 Å². The summed E-state index contributed by atoms with van der Waals surface area (Å²) < 4.78 is 5.91. The number of nitrogens with zero attached hydrogens (tertiary/aromatic N) is 1. The second kappa shape index (κ2) is 5.06. The number of nitrogens with one attached hydrogen (secondary N) is 1. The van der Waals surface area contributed by atoms with Gasteiger partial charge in [-0.05, 0) is 31.6 Å². The second-order valence-electron chi connectivity index (χ2n) is 6.69. The summed E-state index contributed by atoms with van der Waals surface area (Å²) >= 11 is 0. The van der Waals surface area contributed by atoms with Gasteiger partial charge in [0.2, 0.25) is 5.91 Å². The lowest BCUT2D eigenvalue weighted by molar-refractivity contribution is -0.132. The number of ether oxygens (including phenoxy) is 1. The van der Waals surface area contributed by atoms with Gasteiger partial charge in [-0.2, -0.15) is 0 Å². The lowest BCUT2D eigenvalue weighted by Crippen LogP contribution is -2.43. The Morgan fingerprint density at radius 1 is 1.37 bits per heavy atom. The lowest BCUT2D eigenvalue weighted by Gasteiger charge is -2.27. The first kappa shape index (κ1) is 13.4. The summed E-state index contributed by atoms with van der Waals surface area (Å²) in [4.78, 5) is 14.5. The Kier molecular flexibility index (Phi) is 3.56. The van der Waals surface area contributed by atoms with Gasteiger partial charge in [0, 0.05) is 6.54 Å². The summed E-state index contributed by atoms with van der Waals surface area (Å²) in [6.45, 7) is 5.79. The Hall–Kier alpha value is -0.610. The van der Waals surface area contributed by atoms with E-state index in [2.05, 4.69) is 19.2 Å². The topological polar surface area (TPSA) is 41.6 Å². The van der Waals surface area contributed by atoms with Crippen LogP contribution in [0.3, 0.4) is 0 Å². The Labute approximate surface area is 115 Å². The van der Waals surface area contributed by atoms with Gasteiger partial charge in [0.1, 0.15) is 0 Å². The summed E-state index contributed by atoms with van der Waals surface area (Å²) in [7, 11) is 0. The van der Waals surface area contributed by atoms with E-state index in [1.165, 1.54) is 25.7 Å². The van der Waals surface area contributed by atoms with E-state index in [1.807, 2.05) is 4.90 Å². The fourth-order valence-electron chi connectivity index (χ4n) is 3.45. The maximum Gasteiger partial charge on any atom is 0.244 e. The minimum atomic E-state index is -0.192. The molecule has 4 heteroatoms. The molecule has 2 aliphatic carbocycles. The van der Waals surface area contributed by atoms with Gasteiger partial charge in [0.25, 0.3) is 0 Å². The number of hydrogen-bond donors (Lipinski definition) is 1. The summed E-state index contributed by atoms with van der Waals surface area (Å²) in [6, 6.07) is 0. The summed E-state index contributed by atoms with van der Waals surface area (Å²) in [5, 5.41) is 3.54. The molecule has 1 aliphatic heterocycles. The molecule has 1 N–H and O–H groups in total. The van der Waals surface area contributed by atoms with Crippen LogP contribution in [0.2, 0.25) is 0 Å². The molecule has 19 heavy (non-hydrogen) atoms. The maximum atomic E-state index is 12.4. The van der Waals surface area contributed by atoms with Crippen LogP contribution in [0.25, 0.3) is 0 Å². The van der Waals surface area contributed by atoms with Crippen molar-refractivity contribution in [3.63, 3.8) is 0 Å². The van der Waals surface area contributed by atoms with Crippen molar-refractivity contribution in [1.82, 2.24) is 10.2 Å². The third-order valence-corrected chi connectivity index (χ3v) is 4.80. The summed E-state index contributed by atoms with van der Waals surface area (Å²) in [6.07, 6.45) is 7.65. The largest absolute Gasteiger partial charge is 0.376 e. The van der Waals surface area contributed by atoms with Crippen molar-refractivity contribution in [2.45, 2.75) is 70.2 Å².